The van der Waals surface area contributed by atoms with Gasteiger partial charge in [0.1, 0.15) is 0 Å². The number of rotatable bonds is 3. The fraction of sp³-hybridized carbons (Fsp3) is 0.375. The average Bonchev–Trinajstić information content (AvgIpc) is 2.93. The van der Waals surface area contributed by atoms with Crippen molar-refractivity contribution in [2.24, 2.45) is 0 Å². The van der Waals surface area contributed by atoms with Crippen LogP contribution < -0.4 is 0 Å². The van der Waals surface area contributed by atoms with Gasteiger partial charge in [0.2, 0.25) is 0 Å². The van der Waals surface area contributed by atoms with Gasteiger partial charge in [-0.2, -0.15) is 5.10 Å². The van der Waals surface area contributed by atoms with Gasteiger partial charge in [0.05, 0.1) is 17.8 Å². The minimum Gasteiger partial charge on any atom is -0.336 e. The number of piperazine rings is 1. The zero-order chi connectivity index (χ0) is 15.5. The van der Waals surface area contributed by atoms with Gasteiger partial charge in [-0.1, -0.05) is 23.7 Å². The Morgan fingerprint density at radius 3 is 2.45 bits per heavy atom. The van der Waals surface area contributed by atoms with Crippen molar-refractivity contribution in [2.45, 2.75) is 6.54 Å². The maximum absolute atomic E-state index is 12.5. The van der Waals surface area contributed by atoms with Gasteiger partial charge < -0.3 is 9.80 Å². The zero-order valence-electron chi connectivity index (χ0n) is 12.6. The first-order valence-electron chi connectivity index (χ1n) is 7.36. The summed E-state index contributed by atoms with van der Waals surface area (Å²) in [6.07, 6.45) is 3.40. The van der Waals surface area contributed by atoms with Gasteiger partial charge in [0.15, 0.2) is 0 Å². The SMILES string of the molecule is CN1CCN(C(=O)c2ccc(Cn3cc(Cl)cn3)cc2)CC1. The van der Waals surface area contributed by atoms with E-state index in [4.69, 9.17) is 11.6 Å². The van der Waals surface area contributed by atoms with Crippen LogP contribution in [-0.2, 0) is 6.54 Å². The van der Waals surface area contributed by atoms with E-state index in [1.165, 1.54) is 0 Å². The number of nitrogens with zero attached hydrogens (tertiary/aromatic N) is 4. The van der Waals surface area contributed by atoms with Crippen molar-refractivity contribution in [1.82, 2.24) is 19.6 Å². The first-order valence-corrected chi connectivity index (χ1v) is 7.74. The third-order valence-electron chi connectivity index (χ3n) is 3.94. The van der Waals surface area contributed by atoms with Gasteiger partial charge in [0.25, 0.3) is 5.91 Å². The van der Waals surface area contributed by atoms with E-state index < -0.39 is 0 Å². The summed E-state index contributed by atoms with van der Waals surface area (Å²) in [6.45, 7) is 4.11. The Balaban J connectivity index is 1.64. The molecule has 0 bridgehead atoms. The second-order valence-corrected chi connectivity index (χ2v) is 6.08. The molecule has 0 aliphatic carbocycles. The Morgan fingerprint density at radius 1 is 1.18 bits per heavy atom. The smallest absolute Gasteiger partial charge is 0.253 e. The molecule has 2 aromatic rings. The summed E-state index contributed by atoms with van der Waals surface area (Å²) in [4.78, 5) is 16.6. The molecule has 6 heteroatoms. The number of aromatic nitrogens is 2. The highest BCUT2D eigenvalue weighted by atomic mass is 35.5. The van der Waals surface area contributed by atoms with Crippen LogP contribution in [0.5, 0.6) is 0 Å². The third-order valence-corrected chi connectivity index (χ3v) is 4.13. The summed E-state index contributed by atoms with van der Waals surface area (Å²) in [7, 11) is 2.08. The van der Waals surface area contributed by atoms with Gasteiger partial charge in [-0.15, -0.1) is 0 Å². The predicted octanol–water partition coefficient (Wildman–Crippen LogP) is 1.97. The normalized spacial score (nSPS) is 16.0. The molecule has 1 aliphatic rings. The van der Waals surface area contributed by atoms with Crippen LogP contribution in [0.25, 0.3) is 0 Å². The Labute approximate surface area is 135 Å². The molecule has 116 valence electrons. The van der Waals surface area contributed by atoms with Crippen LogP contribution in [0, 0.1) is 0 Å². The van der Waals surface area contributed by atoms with E-state index in [0.717, 1.165) is 37.3 Å². The Morgan fingerprint density at radius 2 is 1.86 bits per heavy atom. The number of benzene rings is 1. The molecule has 1 aromatic carbocycles. The lowest BCUT2D eigenvalue weighted by Gasteiger charge is -2.32. The number of amides is 1. The summed E-state index contributed by atoms with van der Waals surface area (Å²) < 4.78 is 1.78. The molecule has 2 heterocycles. The molecule has 0 unspecified atom stereocenters. The highest BCUT2D eigenvalue weighted by Gasteiger charge is 2.20. The van der Waals surface area contributed by atoms with Crippen molar-refractivity contribution in [3.63, 3.8) is 0 Å². The average molecular weight is 319 g/mol. The van der Waals surface area contributed by atoms with E-state index in [1.54, 1.807) is 17.1 Å². The topological polar surface area (TPSA) is 41.4 Å². The van der Waals surface area contributed by atoms with E-state index in [2.05, 4.69) is 17.0 Å². The van der Waals surface area contributed by atoms with Gasteiger partial charge >= 0.3 is 0 Å². The minimum atomic E-state index is 0.113. The monoisotopic (exact) mass is 318 g/mol. The molecule has 0 atom stereocenters. The molecule has 0 N–H and O–H groups in total. The highest BCUT2D eigenvalue weighted by molar-refractivity contribution is 6.30. The molecule has 1 aromatic heterocycles. The lowest BCUT2D eigenvalue weighted by atomic mass is 10.1. The van der Waals surface area contributed by atoms with E-state index in [-0.39, 0.29) is 5.91 Å². The fourth-order valence-electron chi connectivity index (χ4n) is 2.56. The van der Waals surface area contributed by atoms with E-state index >= 15 is 0 Å². The van der Waals surface area contributed by atoms with Crippen LogP contribution in [-0.4, -0.2) is 58.7 Å². The molecule has 0 saturated carbocycles. The standard InChI is InChI=1S/C16H19ClN4O/c1-19-6-8-20(9-7-19)16(22)14-4-2-13(3-5-14)11-21-12-15(17)10-18-21/h2-5,10,12H,6-9,11H2,1H3. The van der Waals surface area contributed by atoms with Crippen molar-refractivity contribution < 1.29 is 4.79 Å². The van der Waals surface area contributed by atoms with Gasteiger partial charge in [-0.05, 0) is 24.7 Å². The fourth-order valence-corrected chi connectivity index (χ4v) is 2.71. The number of hydrogen-bond acceptors (Lipinski definition) is 3. The molecule has 0 spiro atoms. The van der Waals surface area contributed by atoms with Crippen LogP contribution >= 0.6 is 11.6 Å². The molecule has 1 aliphatic heterocycles. The number of halogens is 1. The van der Waals surface area contributed by atoms with E-state index in [1.807, 2.05) is 29.2 Å². The lowest BCUT2D eigenvalue weighted by Crippen LogP contribution is -2.47. The second-order valence-electron chi connectivity index (χ2n) is 5.65. The minimum absolute atomic E-state index is 0.113. The second kappa shape index (κ2) is 6.50. The van der Waals surface area contributed by atoms with Crippen LogP contribution in [0.4, 0.5) is 0 Å². The zero-order valence-corrected chi connectivity index (χ0v) is 13.3. The molecule has 5 nitrogen and oxygen atoms in total. The van der Waals surface area contributed by atoms with Crippen LogP contribution in [0.2, 0.25) is 5.02 Å². The summed E-state index contributed by atoms with van der Waals surface area (Å²) in [5, 5.41) is 4.78. The maximum Gasteiger partial charge on any atom is 0.253 e. The summed E-state index contributed by atoms with van der Waals surface area (Å²) in [5.41, 5.74) is 1.83. The molecule has 1 saturated heterocycles. The molecular weight excluding hydrogens is 300 g/mol. The number of carbonyl (C=O) groups is 1. The summed E-state index contributed by atoms with van der Waals surface area (Å²) in [6, 6.07) is 7.72. The third kappa shape index (κ3) is 3.48. The quantitative estimate of drug-likeness (QED) is 0.869. The number of likely N-dealkylation sites (N-methyl/N-ethyl adjacent to an activating group) is 1. The first kappa shape index (κ1) is 15.1. The van der Waals surface area contributed by atoms with Crippen LogP contribution in [0.3, 0.4) is 0 Å². The maximum atomic E-state index is 12.5. The molecule has 1 fully saturated rings. The van der Waals surface area contributed by atoms with E-state index in [0.29, 0.717) is 11.6 Å². The Bertz CT molecular complexity index is 644. The van der Waals surface area contributed by atoms with E-state index in [9.17, 15) is 4.79 Å². The molecule has 22 heavy (non-hydrogen) atoms. The van der Waals surface area contributed by atoms with Gasteiger partial charge in [-0.3, -0.25) is 9.48 Å². The summed E-state index contributed by atoms with van der Waals surface area (Å²) >= 11 is 5.85. The van der Waals surface area contributed by atoms with Crippen molar-refractivity contribution in [3.05, 3.63) is 52.8 Å². The van der Waals surface area contributed by atoms with Crippen LogP contribution in [0.15, 0.2) is 36.7 Å². The van der Waals surface area contributed by atoms with Crippen molar-refractivity contribution in [2.75, 3.05) is 33.2 Å². The summed E-state index contributed by atoms with van der Waals surface area (Å²) in [5.74, 6) is 0.113. The van der Waals surface area contributed by atoms with Crippen molar-refractivity contribution >= 4 is 17.5 Å². The van der Waals surface area contributed by atoms with Gasteiger partial charge in [-0.25, -0.2) is 0 Å². The molecular formula is C16H19ClN4O. The highest BCUT2D eigenvalue weighted by Crippen LogP contribution is 2.12. The molecule has 3 rings (SSSR count). The first-order chi connectivity index (χ1) is 10.6. The van der Waals surface area contributed by atoms with Crippen molar-refractivity contribution in [1.29, 1.82) is 0 Å². The predicted molar refractivity (Wildman–Crippen MR) is 86.2 cm³/mol. The number of hydrogen-bond donors (Lipinski definition) is 0. The van der Waals surface area contributed by atoms with Crippen LogP contribution in [0.1, 0.15) is 15.9 Å². The molecule has 0 radical (unpaired) electrons. The van der Waals surface area contributed by atoms with Gasteiger partial charge in [0, 0.05) is 37.9 Å². The Hall–Kier alpha value is -1.85. The largest absolute Gasteiger partial charge is 0.336 e. The number of carbonyl (C=O) groups excluding carboxylic acids is 1. The Kier molecular flexibility index (Phi) is 4.45. The molecule has 1 amide bonds. The van der Waals surface area contributed by atoms with Crippen molar-refractivity contribution in [3.8, 4) is 0 Å². The lowest BCUT2D eigenvalue weighted by molar-refractivity contribution is 0.0664.